The van der Waals surface area contributed by atoms with Gasteiger partial charge in [0.05, 0.1) is 48.3 Å². The molecule has 1 aromatic heterocycles. The van der Waals surface area contributed by atoms with Crippen molar-refractivity contribution in [3.8, 4) is 22.6 Å². The summed E-state index contributed by atoms with van der Waals surface area (Å²) in [5.41, 5.74) is 6.74. The van der Waals surface area contributed by atoms with Crippen molar-refractivity contribution in [2.45, 2.75) is 41.2 Å². The minimum atomic E-state index is -0.610. The van der Waals surface area contributed by atoms with Crippen molar-refractivity contribution in [1.82, 2.24) is 4.98 Å². The fourth-order valence-electron chi connectivity index (χ4n) is 4.17. The maximum atomic E-state index is 12.8. The molecule has 36 heavy (non-hydrogen) atoms. The summed E-state index contributed by atoms with van der Waals surface area (Å²) in [7, 11) is 4.10. The Kier molecular flexibility index (Phi) is 8.40. The molecule has 0 unspecified atom stereocenters. The number of esters is 2. The summed E-state index contributed by atoms with van der Waals surface area (Å²) < 4.78 is 22.5. The second-order valence-corrected chi connectivity index (χ2v) is 9.39. The first-order valence-corrected chi connectivity index (χ1v) is 12.1. The molecule has 0 aliphatic rings. The lowest BCUT2D eigenvalue weighted by Crippen LogP contribution is -2.16. The summed E-state index contributed by atoms with van der Waals surface area (Å²) in [6.45, 7) is 9.94. The molecule has 3 aromatic rings. The van der Waals surface area contributed by atoms with Crippen molar-refractivity contribution in [2.75, 3.05) is 21.3 Å². The lowest BCUT2D eigenvalue weighted by Gasteiger charge is -2.19. The molecule has 0 N–H and O–H groups in total. The zero-order valence-electron chi connectivity index (χ0n) is 21.8. The Bertz CT molecular complexity index is 1310. The predicted octanol–water partition coefficient (Wildman–Crippen LogP) is 6.21. The summed E-state index contributed by atoms with van der Waals surface area (Å²) in [6, 6.07) is 7.76. The number of aryl methyl sites for hydroxylation is 5. The van der Waals surface area contributed by atoms with Gasteiger partial charge in [0.1, 0.15) is 6.61 Å². The first kappa shape index (κ1) is 27.2. The first-order valence-electron chi connectivity index (χ1n) is 11.3. The molecule has 0 saturated heterocycles. The van der Waals surface area contributed by atoms with Crippen LogP contribution in [0, 0.1) is 34.6 Å². The molecule has 3 rings (SSSR count). The average Bonchev–Trinajstić information content (AvgIpc) is 2.84. The highest BCUT2D eigenvalue weighted by molar-refractivity contribution is 9.10. The van der Waals surface area contributed by atoms with Gasteiger partial charge in [0.15, 0.2) is 11.5 Å². The van der Waals surface area contributed by atoms with Gasteiger partial charge < -0.3 is 18.9 Å². The highest BCUT2D eigenvalue weighted by atomic mass is 79.9. The van der Waals surface area contributed by atoms with Gasteiger partial charge in [-0.3, -0.25) is 4.98 Å². The largest absolute Gasteiger partial charge is 0.493 e. The number of carbonyl (C=O) groups is 2. The normalized spacial score (nSPS) is 10.7. The fraction of sp³-hybridized carbons (Fsp3) is 0.321. The number of rotatable bonds is 7. The standard InChI is InChI=1S/C28H30BrNO6/c1-14-9-16(3)20(10-15(14)2)13-36-26-21(29)11-19(12-22(26)33-6)25-23(27(31)34-7)17(4)30-18(5)24(25)28(32)35-8/h9-12H,13H2,1-8H3. The topological polar surface area (TPSA) is 84.0 Å². The van der Waals surface area contributed by atoms with E-state index in [0.717, 1.165) is 11.1 Å². The van der Waals surface area contributed by atoms with E-state index in [1.807, 2.05) is 0 Å². The maximum Gasteiger partial charge on any atom is 0.340 e. The number of ether oxygens (including phenoxy) is 4. The molecule has 8 heteroatoms. The first-order chi connectivity index (χ1) is 17.0. The molecule has 0 amide bonds. The predicted molar refractivity (Wildman–Crippen MR) is 141 cm³/mol. The van der Waals surface area contributed by atoms with Crippen molar-refractivity contribution < 1.29 is 28.5 Å². The Balaban J connectivity index is 2.18. The molecule has 0 aliphatic carbocycles. The molecular formula is C28H30BrNO6. The zero-order valence-corrected chi connectivity index (χ0v) is 23.4. The Morgan fingerprint density at radius 3 is 1.89 bits per heavy atom. The third-order valence-corrected chi connectivity index (χ3v) is 6.77. The van der Waals surface area contributed by atoms with Gasteiger partial charge in [0.25, 0.3) is 0 Å². The minimum absolute atomic E-state index is 0.178. The molecule has 2 aromatic carbocycles. The van der Waals surface area contributed by atoms with E-state index >= 15 is 0 Å². The van der Waals surface area contributed by atoms with Crippen LogP contribution in [0.4, 0.5) is 0 Å². The Morgan fingerprint density at radius 2 is 1.36 bits per heavy atom. The van der Waals surface area contributed by atoms with Crippen LogP contribution >= 0.6 is 15.9 Å². The van der Waals surface area contributed by atoms with Crippen LogP contribution in [0.25, 0.3) is 11.1 Å². The van der Waals surface area contributed by atoms with Crippen LogP contribution in [0.1, 0.15) is 54.4 Å². The van der Waals surface area contributed by atoms with Crippen LogP contribution < -0.4 is 9.47 Å². The van der Waals surface area contributed by atoms with Crippen molar-refractivity contribution >= 4 is 27.9 Å². The van der Waals surface area contributed by atoms with Gasteiger partial charge in [0.2, 0.25) is 0 Å². The summed E-state index contributed by atoms with van der Waals surface area (Å²) in [5, 5.41) is 0. The van der Waals surface area contributed by atoms with Crippen molar-refractivity contribution in [3.63, 3.8) is 0 Å². The summed E-state index contributed by atoms with van der Waals surface area (Å²) in [5.74, 6) is -0.290. The van der Waals surface area contributed by atoms with E-state index in [4.69, 9.17) is 18.9 Å². The van der Waals surface area contributed by atoms with E-state index in [9.17, 15) is 9.59 Å². The SMILES string of the molecule is COC(=O)c1c(C)nc(C)c(C(=O)OC)c1-c1cc(Br)c(OCc2cc(C)c(C)cc2C)c(OC)c1. The van der Waals surface area contributed by atoms with Gasteiger partial charge in [0, 0.05) is 5.56 Å². The van der Waals surface area contributed by atoms with Gasteiger partial charge in [-0.05, 0) is 90.5 Å². The van der Waals surface area contributed by atoms with E-state index in [1.54, 1.807) is 26.0 Å². The quantitative estimate of drug-likeness (QED) is 0.320. The maximum absolute atomic E-state index is 12.8. The summed E-state index contributed by atoms with van der Waals surface area (Å²) in [4.78, 5) is 29.9. The van der Waals surface area contributed by atoms with Crippen molar-refractivity contribution in [1.29, 1.82) is 0 Å². The number of nitrogens with zero attached hydrogens (tertiary/aromatic N) is 1. The van der Waals surface area contributed by atoms with Crippen LogP contribution in [0.3, 0.4) is 0 Å². The van der Waals surface area contributed by atoms with Gasteiger partial charge >= 0.3 is 11.9 Å². The van der Waals surface area contributed by atoms with Crippen LogP contribution in [-0.4, -0.2) is 38.3 Å². The van der Waals surface area contributed by atoms with Crippen molar-refractivity contribution in [3.05, 3.63) is 73.5 Å². The molecular weight excluding hydrogens is 526 g/mol. The number of pyridine rings is 1. The highest BCUT2D eigenvalue weighted by Crippen LogP contribution is 2.43. The second kappa shape index (κ2) is 11.1. The molecule has 0 aliphatic heterocycles. The van der Waals surface area contributed by atoms with Crippen LogP contribution in [0.2, 0.25) is 0 Å². The second-order valence-electron chi connectivity index (χ2n) is 8.53. The average molecular weight is 556 g/mol. The number of halogens is 1. The molecule has 190 valence electrons. The van der Waals surface area contributed by atoms with E-state index in [0.29, 0.717) is 45.1 Å². The van der Waals surface area contributed by atoms with E-state index in [-0.39, 0.29) is 11.1 Å². The lowest BCUT2D eigenvalue weighted by molar-refractivity contribution is 0.0599. The van der Waals surface area contributed by atoms with E-state index < -0.39 is 11.9 Å². The summed E-state index contributed by atoms with van der Waals surface area (Å²) in [6.07, 6.45) is 0. The fourth-order valence-corrected chi connectivity index (χ4v) is 4.73. The molecule has 0 radical (unpaired) electrons. The van der Waals surface area contributed by atoms with Crippen molar-refractivity contribution in [2.24, 2.45) is 0 Å². The zero-order chi connectivity index (χ0) is 26.7. The van der Waals surface area contributed by atoms with Crippen LogP contribution in [-0.2, 0) is 16.1 Å². The van der Waals surface area contributed by atoms with Gasteiger partial charge in [-0.25, -0.2) is 9.59 Å². The minimum Gasteiger partial charge on any atom is -0.493 e. The monoisotopic (exact) mass is 555 g/mol. The van der Waals surface area contributed by atoms with Gasteiger partial charge in [-0.1, -0.05) is 12.1 Å². The molecule has 1 heterocycles. The van der Waals surface area contributed by atoms with Gasteiger partial charge in [-0.15, -0.1) is 0 Å². The number of hydrogen-bond acceptors (Lipinski definition) is 7. The highest BCUT2D eigenvalue weighted by Gasteiger charge is 2.28. The molecule has 0 fully saturated rings. The van der Waals surface area contributed by atoms with Crippen LogP contribution in [0.15, 0.2) is 28.7 Å². The Labute approximate surface area is 219 Å². The molecule has 0 bridgehead atoms. The Morgan fingerprint density at radius 1 is 0.806 bits per heavy atom. The number of methoxy groups -OCH3 is 3. The van der Waals surface area contributed by atoms with E-state index in [2.05, 4.69) is 53.8 Å². The third-order valence-electron chi connectivity index (χ3n) is 6.18. The summed E-state index contributed by atoms with van der Waals surface area (Å²) >= 11 is 3.60. The third kappa shape index (κ3) is 5.23. The van der Waals surface area contributed by atoms with Crippen LogP contribution in [0.5, 0.6) is 11.5 Å². The smallest absolute Gasteiger partial charge is 0.340 e. The lowest BCUT2D eigenvalue weighted by atomic mass is 9.92. The number of aromatic nitrogens is 1. The Hall–Kier alpha value is -3.39. The van der Waals surface area contributed by atoms with Gasteiger partial charge in [-0.2, -0.15) is 0 Å². The molecule has 0 saturated carbocycles. The number of benzene rings is 2. The number of hydrogen-bond donors (Lipinski definition) is 0. The molecule has 7 nitrogen and oxygen atoms in total. The number of carbonyl (C=O) groups excluding carboxylic acids is 2. The molecule has 0 atom stereocenters. The van der Waals surface area contributed by atoms with E-state index in [1.165, 1.54) is 32.5 Å². The molecule has 0 spiro atoms.